The summed E-state index contributed by atoms with van der Waals surface area (Å²) < 4.78 is 2.63. The fraction of sp³-hybridized carbons (Fsp3) is 0.778. The number of aryl methyl sites for hydroxylation is 1. The quantitative estimate of drug-likeness (QED) is 0.876. The molecule has 0 aliphatic heterocycles. The summed E-state index contributed by atoms with van der Waals surface area (Å²) in [6.07, 6.45) is 4.16. The second kappa shape index (κ2) is 5.46. The zero-order valence-electron chi connectivity index (χ0n) is 8.70. The van der Waals surface area contributed by atoms with Crippen LogP contribution < -0.4 is 5.73 Å². The van der Waals surface area contributed by atoms with Gasteiger partial charge in [0.2, 0.25) is 0 Å². The first-order valence-electron chi connectivity index (χ1n) is 4.94. The molecule has 0 radical (unpaired) electrons. The minimum Gasteiger partial charge on any atom is -0.328 e. The third-order valence-electron chi connectivity index (χ3n) is 2.31. The molecule has 1 heterocycles. The molecule has 0 aromatic carbocycles. The molecule has 0 aliphatic carbocycles. The van der Waals surface area contributed by atoms with Crippen LogP contribution in [0.1, 0.15) is 31.9 Å². The summed E-state index contributed by atoms with van der Waals surface area (Å²) in [5.74, 6) is 0. The van der Waals surface area contributed by atoms with Gasteiger partial charge in [-0.25, -0.2) is 0 Å². The van der Waals surface area contributed by atoms with Crippen molar-refractivity contribution in [2.45, 2.75) is 38.6 Å². The van der Waals surface area contributed by atoms with Crippen molar-refractivity contribution in [3.8, 4) is 0 Å². The summed E-state index contributed by atoms with van der Waals surface area (Å²) in [5, 5.41) is 7.85. The number of nitrogens with zero attached hydrogens (tertiary/aromatic N) is 3. The van der Waals surface area contributed by atoms with Crippen molar-refractivity contribution in [1.29, 1.82) is 0 Å². The first kappa shape index (κ1) is 11.7. The predicted octanol–water partition coefficient (Wildman–Crippen LogP) is 1.64. The molecule has 5 heteroatoms. The number of hydrogen-bond acceptors (Lipinski definition) is 3. The van der Waals surface area contributed by atoms with Gasteiger partial charge in [0.1, 0.15) is 0 Å². The Labute approximate surface area is 93.0 Å². The molecule has 80 valence electrons. The molecule has 1 aromatic rings. The van der Waals surface area contributed by atoms with Crippen LogP contribution in [0.25, 0.3) is 0 Å². The molecule has 0 saturated carbocycles. The van der Waals surface area contributed by atoms with Gasteiger partial charge in [-0.15, -0.1) is 5.10 Å². The van der Waals surface area contributed by atoms with E-state index in [1.165, 1.54) is 0 Å². The monoisotopic (exact) mass is 260 g/mol. The van der Waals surface area contributed by atoms with Gasteiger partial charge >= 0.3 is 0 Å². The Kier molecular flexibility index (Phi) is 4.54. The SMILES string of the molecule is CCCC(N)CCc1c(Br)nnn1C. The Morgan fingerprint density at radius 3 is 2.71 bits per heavy atom. The Morgan fingerprint density at radius 1 is 1.50 bits per heavy atom. The Hall–Kier alpha value is -0.420. The number of halogens is 1. The smallest absolute Gasteiger partial charge is 0.151 e. The van der Waals surface area contributed by atoms with Gasteiger partial charge in [0.05, 0.1) is 5.69 Å². The van der Waals surface area contributed by atoms with Crippen molar-refractivity contribution >= 4 is 15.9 Å². The van der Waals surface area contributed by atoms with E-state index in [1.54, 1.807) is 4.68 Å². The summed E-state index contributed by atoms with van der Waals surface area (Å²) in [6, 6.07) is 0.293. The summed E-state index contributed by atoms with van der Waals surface area (Å²) in [5.41, 5.74) is 7.06. The van der Waals surface area contributed by atoms with Gasteiger partial charge in [0.15, 0.2) is 4.60 Å². The molecule has 0 bridgehead atoms. The lowest BCUT2D eigenvalue weighted by molar-refractivity contribution is 0.545. The summed E-state index contributed by atoms with van der Waals surface area (Å²) >= 11 is 3.37. The fourth-order valence-corrected chi connectivity index (χ4v) is 1.98. The van der Waals surface area contributed by atoms with Crippen LogP contribution in [0.5, 0.6) is 0 Å². The van der Waals surface area contributed by atoms with E-state index < -0.39 is 0 Å². The molecule has 1 rings (SSSR count). The molecule has 14 heavy (non-hydrogen) atoms. The minimum absolute atomic E-state index is 0.293. The average Bonchev–Trinajstić information content (AvgIpc) is 2.44. The average molecular weight is 261 g/mol. The Bertz CT molecular complexity index is 265. The third-order valence-corrected chi connectivity index (χ3v) is 2.92. The third kappa shape index (κ3) is 3.06. The van der Waals surface area contributed by atoms with Crippen molar-refractivity contribution in [3.05, 3.63) is 10.3 Å². The lowest BCUT2D eigenvalue weighted by Gasteiger charge is -2.09. The number of nitrogens with two attached hydrogens (primary N) is 1. The predicted molar refractivity (Wildman–Crippen MR) is 59.9 cm³/mol. The van der Waals surface area contributed by atoms with Crippen molar-refractivity contribution in [2.75, 3.05) is 0 Å². The maximum Gasteiger partial charge on any atom is 0.151 e. The molecule has 0 saturated heterocycles. The Morgan fingerprint density at radius 2 is 2.21 bits per heavy atom. The molecule has 0 aliphatic rings. The molecule has 0 amide bonds. The molecule has 1 unspecified atom stereocenters. The molecule has 0 fully saturated rings. The Balaban J connectivity index is 2.45. The lowest BCUT2D eigenvalue weighted by atomic mass is 10.1. The first-order chi connectivity index (χ1) is 6.65. The number of hydrogen-bond donors (Lipinski definition) is 1. The fourth-order valence-electron chi connectivity index (χ4n) is 1.45. The van der Waals surface area contributed by atoms with Gasteiger partial charge in [-0.05, 0) is 35.2 Å². The van der Waals surface area contributed by atoms with Crippen LogP contribution in [0.3, 0.4) is 0 Å². The molecule has 1 atom stereocenters. The van der Waals surface area contributed by atoms with Crippen molar-refractivity contribution < 1.29 is 0 Å². The zero-order chi connectivity index (χ0) is 10.6. The van der Waals surface area contributed by atoms with Crippen molar-refractivity contribution in [1.82, 2.24) is 15.0 Å². The standard InChI is InChI=1S/C9H17BrN4/c1-3-4-7(11)5-6-8-9(10)12-13-14(8)2/h7H,3-6,11H2,1-2H3. The lowest BCUT2D eigenvalue weighted by Crippen LogP contribution is -2.20. The number of aromatic nitrogens is 3. The molecular formula is C9H17BrN4. The molecular weight excluding hydrogens is 244 g/mol. The van der Waals surface area contributed by atoms with Gasteiger partial charge in [0.25, 0.3) is 0 Å². The highest BCUT2D eigenvalue weighted by Crippen LogP contribution is 2.14. The highest BCUT2D eigenvalue weighted by Gasteiger charge is 2.09. The molecule has 0 spiro atoms. The maximum absolute atomic E-state index is 5.94. The van der Waals surface area contributed by atoms with Crippen LogP contribution >= 0.6 is 15.9 Å². The van der Waals surface area contributed by atoms with Crippen LogP contribution in [0.4, 0.5) is 0 Å². The number of rotatable bonds is 5. The second-order valence-corrected chi connectivity index (χ2v) is 4.29. The first-order valence-corrected chi connectivity index (χ1v) is 5.74. The van der Waals surface area contributed by atoms with E-state index in [9.17, 15) is 0 Å². The van der Waals surface area contributed by atoms with E-state index in [4.69, 9.17) is 5.73 Å². The second-order valence-electron chi connectivity index (χ2n) is 3.54. The van der Waals surface area contributed by atoms with E-state index in [0.29, 0.717) is 6.04 Å². The van der Waals surface area contributed by atoms with Crippen LogP contribution in [-0.4, -0.2) is 21.0 Å². The van der Waals surface area contributed by atoms with E-state index in [1.807, 2.05) is 7.05 Å². The highest BCUT2D eigenvalue weighted by atomic mass is 79.9. The summed E-state index contributed by atoms with van der Waals surface area (Å²) in [7, 11) is 1.90. The zero-order valence-corrected chi connectivity index (χ0v) is 10.3. The van der Waals surface area contributed by atoms with Crippen molar-refractivity contribution in [3.63, 3.8) is 0 Å². The topological polar surface area (TPSA) is 56.7 Å². The van der Waals surface area contributed by atoms with Gasteiger partial charge in [-0.3, -0.25) is 4.68 Å². The van der Waals surface area contributed by atoms with Crippen molar-refractivity contribution in [2.24, 2.45) is 12.8 Å². The summed E-state index contributed by atoms with van der Waals surface area (Å²) in [6.45, 7) is 2.15. The summed E-state index contributed by atoms with van der Waals surface area (Å²) in [4.78, 5) is 0. The van der Waals surface area contributed by atoms with E-state index in [-0.39, 0.29) is 0 Å². The van der Waals surface area contributed by atoms with Crippen LogP contribution in [0.15, 0.2) is 4.60 Å². The normalized spacial score (nSPS) is 13.1. The molecule has 4 nitrogen and oxygen atoms in total. The van der Waals surface area contributed by atoms with Crippen LogP contribution in [0.2, 0.25) is 0 Å². The van der Waals surface area contributed by atoms with E-state index >= 15 is 0 Å². The van der Waals surface area contributed by atoms with E-state index in [0.717, 1.165) is 36.0 Å². The minimum atomic E-state index is 0.293. The van der Waals surface area contributed by atoms with E-state index in [2.05, 4.69) is 33.2 Å². The molecule has 1 aromatic heterocycles. The van der Waals surface area contributed by atoms with Gasteiger partial charge in [-0.2, -0.15) is 0 Å². The maximum atomic E-state index is 5.94. The van der Waals surface area contributed by atoms with Gasteiger partial charge in [0, 0.05) is 13.1 Å². The van der Waals surface area contributed by atoms with Crippen LogP contribution in [0, 0.1) is 0 Å². The molecule has 2 N–H and O–H groups in total. The largest absolute Gasteiger partial charge is 0.328 e. The van der Waals surface area contributed by atoms with Gasteiger partial charge < -0.3 is 5.73 Å². The van der Waals surface area contributed by atoms with Gasteiger partial charge in [-0.1, -0.05) is 18.6 Å². The van der Waals surface area contributed by atoms with Crippen LogP contribution in [-0.2, 0) is 13.5 Å². The highest BCUT2D eigenvalue weighted by molar-refractivity contribution is 9.10.